The van der Waals surface area contributed by atoms with Crippen LogP contribution in [0.25, 0.3) is 0 Å². The number of carbonyl (C=O) groups excluding carboxylic acids is 3. The number of anilines is 1. The van der Waals surface area contributed by atoms with E-state index >= 15 is 0 Å². The molecule has 0 spiro atoms. The van der Waals surface area contributed by atoms with E-state index in [9.17, 15) is 24.0 Å². The lowest BCUT2D eigenvalue weighted by Gasteiger charge is -2.27. The van der Waals surface area contributed by atoms with E-state index in [1.165, 1.54) is 26.2 Å². The van der Waals surface area contributed by atoms with Crippen LogP contribution in [0.4, 0.5) is 5.82 Å². The molecule has 0 aliphatic carbocycles. The first kappa shape index (κ1) is 20.2. The summed E-state index contributed by atoms with van der Waals surface area (Å²) in [7, 11) is 2.58. The van der Waals surface area contributed by atoms with E-state index in [1.54, 1.807) is 12.1 Å². The SMILES string of the molecule is CC(C)CC(C(=O)c1c(N)n(C)c(=O)n(C)c1=O)N1C(=O)c2ccccc2C1=O. The number of fused-ring (bicyclic) bond motifs is 1. The van der Waals surface area contributed by atoms with Crippen molar-refractivity contribution in [3.05, 3.63) is 61.8 Å². The largest absolute Gasteiger partial charge is 0.384 e. The van der Waals surface area contributed by atoms with E-state index in [-0.39, 0.29) is 29.3 Å². The summed E-state index contributed by atoms with van der Waals surface area (Å²) in [6.45, 7) is 3.67. The molecule has 9 heteroatoms. The zero-order valence-electron chi connectivity index (χ0n) is 16.6. The number of nitrogens with two attached hydrogens (primary N) is 1. The van der Waals surface area contributed by atoms with Gasteiger partial charge in [-0.2, -0.15) is 0 Å². The van der Waals surface area contributed by atoms with Crippen LogP contribution in [0.3, 0.4) is 0 Å². The molecular formula is C20H22N4O5. The number of carbonyl (C=O) groups is 3. The molecule has 1 aromatic carbocycles. The zero-order chi connectivity index (χ0) is 21.6. The van der Waals surface area contributed by atoms with Gasteiger partial charge >= 0.3 is 5.69 Å². The minimum Gasteiger partial charge on any atom is -0.384 e. The van der Waals surface area contributed by atoms with Crippen LogP contribution >= 0.6 is 0 Å². The second-order valence-electron chi connectivity index (χ2n) is 7.50. The van der Waals surface area contributed by atoms with Crippen LogP contribution in [0.1, 0.15) is 51.3 Å². The van der Waals surface area contributed by atoms with Crippen molar-refractivity contribution in [3.63, 3.8) is 0 Å². The van der Waals surface area contributed by atoms with Gasteiger partial charge in [-0.1, -0.05) is 26.0 Å². The molecule has 1 unspecified atom stereocenters. The summed E-state index contributed by atoms with van der Waals surface area (Å²) < 4.78 is 1.77. The van der Waals surface area contributed by atoms with Gasteiger partial charge in [0.1, 0.15) is 17.4 Å². The molecule has 2 heterocycles. The Morgan fingerprint density at radius 3 is 1.97 bits per heavy atom. The Kier molecular flexibility index (Phi) is 5.00. The number of hydrogen-bond donors (Lipinski definition) is 1. The second kappa shape index (κ2) is 7.16. The van der Waals surface area contributed by atoms with Crippen LogP contribution in [0.5, 0.6) is 0 Å². The Morgan fingerprint density at radius 1 is 0.966 bits per heavy atom. The van der Waals surface area contributed by atoms with Crippen LogP contribution in [-0.4, -0.2) is 37.7 Å². The number of nitrogens with zero attached hydrogens (tertiary/aromatic N) is 3. The summed E-state index contributed by atoms with van der Waals surface area (Å²) in [5.74, 6) is -2.31. The first-order chi connectivity index (χ1) is 13.6. The summed E-state index contributed by atoms with van der Waals surface area (Å²) in [6.07, 6.45) is 0.149. The Bertz CT molecular complexity index is 1120. The number of aromatic nitrogens is 2. The number of rotatable bonds is 5. The van der Waals surface area contributed by atoms with Gasteiger partial charge in [-0.25, -0.2) is 4.79 Å². The normalized spacial score (nSPS) is 14.4. The van der Waals surface area contributed by atoms with Gasteiger partial charge in [0.15, 0.2) is 5.78 Å². The van der Waals surface area contributed by atoms with Crippen molar-refractivity contribution in [2.45, 2.75) is 26.3 Å². The number of nitrogen functional groups attached to an aromatic ring is 1. The van der Waals surface area contributed by atoms with E-state index in [4.69, 9.17) is 5.73 Å². The first-order valence-corrected chi connectivity index (χ1v) is 9.14. The summed E-state index contributed by atoms with van der Waals surface area (Å²) in [4.78, 5) is 64.8. The lowest BCUT2D eigenvalue weighted by molar-refractivity contribution is 0.0520. The highest BCUT2D eigenvalue weighted by Crippen LogP contribution is 2.28. The Labute approximate surface area is 166 Å². The van der Waals surface area contributed by atoms with Crippen LogP contribution in [-0.2, 0) is 14.1 Å². The maximum atomic E-state index is 13.4. The molecule has 0 radical (unpaired) electrons. The highest BCUT2D eigenvalue weighted by Gasteiger charge is 2.44. The fraction of sp³-hybridized carbons (Fsp3) is 0.350. The van der Waals surface area contributed by atoms with E-state index < -0.39 is 40.5 Å². The zero-order valence-corrected chi connectivity index (χ0v) is 16.6. The van der Waals surface area contributed by atoms with E-state index in [0.29, 0.717) is 0 Å². The lowest BCUT2D eigenvalue weighted by atomic mass is 9.95. The smallest absolute Gasteiger partial charge is 0.332 e. The average molecular weight is 398 g/mol. The number of ketones is 1. The number of imide groups is 1. The minimum absolute atomic E-state index is 0.0640. The predicted molar refractivity (Wildman–Crippen MR) is 106 cm³/mol. The van der Waals surface area contributed by atoms with Crippen molar-refractivity contribution in [2.75, 3.05) is 5.73 Å². The molecule has 2 amide bonds. The Morgan fingerprint density at radius 2 is 1.48 bits per heavy atom. The van der Waals surface area contributed by atoms with Crippen LogP contribution in [0.15, 0.2) is 33.9 Å². The highest BCUT2D eigenvalue weighted by molar-refractivity contribution is 6.23. The second-order valence-corrected chi connectivity index (χ2v) is 7.50. The van der Waals surface area contributed by atoms with Gasteiger partial charge in [0.25, 0.3) is 17.4 Å². The van der Waals surface area contributed by atoms with Gasteiger partial charge in [-0.3, -0.25) is 33.2 Å². The number of amides is 2. The van der Waals surface area contributed by atoms with Crippen LogP contribution in [0.2, 0.25) is 0 Å². The minimum atomic E-state index is -1.21. The molecule has 9 nitrogen and oxygen atoms in total. The molecule has 1 aliphatic heterocycles. The predicted octanol–water partition coefficient (Wildman–Crippen LogP) is 0.560. The molecule has 29 heavy (non-hydrogen) atoms. The Hall–Kier alpha value is -3.49. The quantitative estimate of drug-likeness (QED) is 0.580. The number of hydrogen-bond acceptors (Lipinski definition) is 6. The molecule has 2 aromatic rings. The molecule has 1 aromatic heterocycles. The van der Waals surface area contributed by atoms with Crippen molar-refractivity contribution < 1.29 is 14.4 Å². The van der Waals surface area contributed by atoms with Gasteiger partial charge in [-0.15, -0.1) is 0 Å². The van der Waals surface area contributed by atoms with Crippen LogP contribution in [0, 0.1) is 5.92 Å². The molecule has 0 saturated carbocycles. The van der Waals surface area contributed by atoms with Gasteiger partial charge in [0.05, 0.1) is 11.1 Å². The third-order valence-electron chi connectivity index (χ3n) is 5.09. The van der Waals surface area contributed by atoms with Crippen LogP contribution < -0.4 is 17.0 Å². The molecule has 2 N–H and O–H groups in total. The molecule has 152 valence electrons. The Balaban J connectivity index is 2.17. The third kappa shape index (κ3) is 3.08. The van der Waals surface area contributed by atoms with Gasteiger partial charge in [-0.05, 0) is 24.5 Å². The average Bonchev–Trinajstić information content (AvgIpc) is 2.94. The lowest BCUT2D eigenvalue weighted by Crippen LogP contribution is -2.49. The van der Waals surface area contributed by atoms with Crippen molar-refractivity contribution in [3.8, 4) is 0 Å². The monoisotopic (exact) mass is 398 g/mol. The van der Waals surface area contributed by atoms with Crippen molar-refractivity contribution in [1.82, 2.24) is 14.0 Å². The molecular weight excluding hydrogens is 376 g/mol. The van der Waals surface area contributed by atoms with Gasteiger partial charge in [0, 0.05) is 14.1 Å². The summed E-state index contributed by atoms with van der Waals surface area (Å²) in [5, 5.41) is 0. The van der Waals surface area contributed by atoms with E-state index in [1.807, 2.05) is 13.8 Å². The fourth-order valence-electron chi connectivity index (χ4n) is 3.53. The highest BCUT2D eigenvalue weighted by atomic mass is 16.2. The molecule has 0 bridgehead atoms. The van der Waals surface area contributed by atoms with Crippen molar-refractivity contribution in [1.29, 1.82) is 0 Å². The maximum absolute atomic E-state index is 13.4. The third-order valence-corrected chi connectivity index (χ3v) is 5.09. The maximum Gasteiger partial charge on any atom is 0.332 e. The number of Topliss-reactive ketones (excluding diaryl/α,β-unsaturated/α-hetero) is 1. The molecule has 0 saturated heterocycles. The summed E-state index contributed by atoms with van der Waals surface area (Å²) in [6, 6.07) is 5.09. The van der Waals surface area contributed by atoms with E-state index in [0.717, 1.165) is 14.0 Å². The standard InChI is InChI=1S/C20H22N4O5/c1-10(2)9-13(24-17(26)11-7-5-6-8-12(11)18(24)27)15(25)14-16(21)22(3)20(29)23(4)19(14)28/h5-8,10,13H,9,21H2,1-4H3. The first-order valence-electron chi connectivity index (χ1n) is 9.14. The van der Waals surface area contributed by atoms with Gasteiger partial charge in [0.2, 0.25) is 0 Å². The molecule has 0 fully saturated rings. The number of benzene rings is 1. The van der Waals surface area contributed by atoms with E-state index in [2.05, 4.69) is 0 Å². The molecule has 1 aliphatic rings. The topological polar surface area (TPSA) is 124 Å². The summed E-state index contributed by atoms with van der Waals surface area (Å²) >= 11 is 0. The summed E-state index contributed by atoms with van der Waals surface area (Å²) in [5.41, 5.74) is 4.39. The molecule has 3 rings (SSSR count). The van der Waals surface area contributed by atoms with Gasteiger partial charge < -0.3 is 5.73 Å². The van der Waals surface area contributed by atoms with Crippen molar-refractivity contribution in [2.24, 2.45) is 20.0 Å². The van der Waals surface area contributed by atoms with Crippen molar-refractivity contribution >= 4 is 23.4 Å². The fourth-order valence-corrected chi connectivity index (χ4v) is 3.53. The molecule has 1 atom stereocenters.